The van der Waals surface area contributed by atoms with Gasteiger partial charge in [-0.3, -0.25) is 4.98 Å². The molecular formula is C16H20FN3. The van der Waals surface area contributed by atoms with E-state index in [-0.39, 0.29) is 11.9 Å². The third-order valence-corrected chi connectivity index (χ3v) is 3.43. The van der Waals surface area contributed by atoms with Crippen LogP contribution in [0.1, 0.15) is 23.7 Å². The first-order chi connectivity index (χ1) is 9.58. The molecule has 2 N–H and O–H groups in total. The average molecular weight is 273 g/mol. The molecule has 2 aromatic rings. The number of hydrogen-bond acceptors (Lipinski definition) is 3. The Morgan fingerprint density at radius 1 is 1.25 bits per heavy atom. The highest BCUT2D eigenvalue weighted by Gasteiger charge is 2.10. The van der Waals surface area contributed by atoms with Crippen LogP contribution in [0.3, 0.4) is 0 Å². The highest BCUT2D eigenvalue weighted by atomic mass is 19.1. The van der Waals surface area contributed by atoms with Crippen LogP contribution in [0.2, 0.25) is 0 Å². The molecule has 1 aromatic heterocycles. The molecule has 4 heteroatoms. The zero-order chi connectivity index (χ0) is 14.5. The summed E-state index contributed by atoms with van der Waals surface area (Å²) in [5, 5.41) is 0. The van der Waals surface area contributed by atoms with Crippen molar-refractivity contribution in [1.82, 2.24) is 4.98 Å². The Kier molecular flexibility index (Phi) is 4.69. The highest BCUT2D eigenvalue weighted by molar-refractivity contribution is 5.52. The minimum atomic E-state index is -0.335. The monoisotopic (exact) mass is 273 g/mol. The van der Waals surface area contributed by atoms with Crippen molar-refractivity contribution < 1.29 is 4.39 Å². The van der Waals surface area contributed by atoms with Crippen molar-refractivity contribution in [2.75, 3.05) is 18.5 Å². The number of hydrogen-bond donors (Lipinski definition) is 1. The van der Waals surface area contributed by atoms with Gasteiger partial charge in [0.15, 0.2) is 0 Å². The number of nitrogens with zero attached hydrogens (tertiary/aromatic N) is 2. The number of nitrogens with two attached hydrogens (primary N) is 1. The number of rotatable bonds is 5. The van der Waals surface area contributed by atoms with Gasteiger partial charge in [0, 0.05) is 25.3 Å². The zero-order valence-electron chi connectivity index (χ0n) is 11.9. The normalized spacial score (nSPS) is 12.2. The van der Waals surface area contributed by atoms with Gasteiger partial charge in [0.05, 0.1) is 11.9 Å². The van der Waals surface area contributed by atoms with Crippen LogP contribution in [-0.2, 0) is 0 Å². The minimum absolute atomic E-state index is 0.179. The van der Waals surface area contributed by atoms with Crippen LogP contribution in [-0.4, -0.2) is 18.6 Å². The van der Waals surface area contributed by atoms with Gasteiger partial charge in [-0.05, 0) is 37.1 Å². The highest BCUT2D eigenvalue weighted by Crippen LogP contribution is 2.19. The van der Waals surface area contributed by atoms with E-state index in [2.05, 4.69) is 28.9 Å². The fourth-order valence-electron chi connectivity index (χ4n) is 2.20. The SMILES string of the molecule is Cc1ccccc1N(C)CCC(N)c1ccc(F)cn1. The molecule has 1 heterocycles. The summed E-state index contributed by atoms with van der Waals surface area (Å²) in [4.78, 5) is 6.21. The molecule has 106 valence electrons. The van der Waals surface area contributed by atoms with Gasteiger partial charge in [-0.25, -0.2) is 4.39 Å². The van der Waals surface area contributed by atoms with E-state index in [1.54, 1.807) is 6.07 Å². The lowest BCUT2D eigenvalue weighted by Gasteiger charge is -2.23. The molecule has 0 amide bonds. The second kappa shape index (κ2) is 6.48. The van der Waals surface area contributed by atoms with E-state index in [0.29, 0.717) is 0 Å². The van der Waals surface area contributed by atoms with Crippen molar-refractivity contribution in [3.63, 3.8) is 0 Å². The van der Waals surface area contributed by atoms with E-state index in [1.807, 2.05) is 19.2 Å². The smallest absolute Gasteiger partial charge is 0.141 e. The second-order valence-electron chi connectivity index (χ2n) is 5.00. The Balaban J connectivity index is 1.95. The van der Waals surface area contributed by atoms with E-state index in [4.69, 9.17) is 5.73 Å². The summed E-state index contributed by atoms with van der Waals surface area (Å²) in [5.74, 6) is -0.335. The molecule has 1 atom stereocenters. The Hall–Kier alpha value is -1.94. The van der Waals surface area contributed by atoms with Crippen molar-refractivity contribution in [1.29, 1.82) is 0 Å². The summed E-state index contributed by atoms with van der Waals surface area (Å²) in [7, 11) is 2.05. The molecule has 2 rings (SSSR count). The molecule has 0 bridgehead atoms. The van der Waals surface area contributed by atoms with E-state index in [0.717, 1.165) is 18.7 Å². The molecule has 0 aliphatic heterocycles. The van der Waals surface area contributed by atoms with Crippen LogP contribution in [0.15, 0.2) is 42.6 Å². The van der Waals surface area contributed by atoms with Crippen molar-refractivity contribution in [2.24, 2.45) is 5.73 Å². The lowest BCUT2D eigenvalue weighted by atomic mass is 10.1. The molecule has 20 heavy (non-hydrogen) atoms. The molecule has 0 fully saturated rings. The van der Waals surface area contributed by atoms with Crippen LogP contribution in [0.5, 0.6) is 0 Å². The predicted molar refractivity (Wildman–Crippen MR) is 80.2 cm³/mol. The largest absolute Gasteiger partial charge is 0.374 e. The van der Waals surface area contributed by atoms with Crippen molar-refractivity contribution in [2.45, 2.75) is 19.4 Å². The third-order valence-electron chi connectivity index (χ3n) is 3.43. The van der Waals surface area contributed by atoms with Crippen LogP contribution in [0.4, 0.5) is 10.1 Å². The summed E-state index contributed by atoms with van der Waals surface area (Å²) in [5.41, 5.74) is 9.26. The molecule has 3 nitrogen and oxygen atoms in total. The molecule has 1 aromatic carbocycles. The molecule has 0 spiro atoms. The van der Waals surface area contributed by atoms with Gasteiger partial charge >= 0.3 is 0 Å². The first kappa shape index (κ1) is 14.5. The number of aromatic nitrogens is 1. The van der Waals surface area contributed by atoms with E-state index >= 15 is 0 Å². The van der Waals surface area contributed by atoms with Gasteiger partial charge in [-0.2, -0.15) is 0 Å². The molecule has 0 aliphatic carbocycles. The Morgan fingerprint density at radius 2 is 2.00 bits per heavy atom. The van der Waals surface area contributed by atoms with E-state index in [9.17, 15) is 4.39 Å². The Labute approximate surface area is 119 Å². The number of aryl methyl sites for hydroxylation is 1. The van der Waals surface area contributed by atoms with Crippen LogP contribution >= 0.6 is 0 Å². The van der Waals surface area contributed by atoms with E-state index < -0.39 is 0 Å². The molecule has 0 aliphatic rings. The number of anilines is 1. The fourth-order valence-corrected chi connectivity index (χ4v) is 2.20. The maximum atomic E-state index is 12.8. The first-order valence-corrected chi connectivity index (χ1v) is 6.71. The Bertz CT molecular complexity index is 554. The number of pyridine rings is 1. The van der Waals surface area contributed by atoms with Gasteiger partial charge in [-0.15, -0.1) is 0 Å². The van der Waals surface area contributed by atoms with Crippen LogP contribution in [0, 0.1) is 12.7 Å². The summed E-state index contributed by atoms with van der Waals surface area (Å²) in [6.45, 7) is 2.92. The molecule has 0 radical (unpaired) electrons. The number of benzene rings is 1. The average Bonchev–Trinajstić information content (AvgIpc) is 2.45. The van der Waals surface area contributed by atoms with Gasteiger partial charge < -0.3 is 10.6 Å². The van der Waals surface area contributed by atoms with Crippen molar-refractivity contribution in [3.8, 4) is 0 Å². The Morgan fingerprint density at radius 3 is 2.65 bits per heavy atom. The van der Waals surface area contributed by atoms with Crippen LogP contribution < -0.4 is 10.6 Å². The van der Waals surface area contributed by atoms with E-state index in [1.165, 1.54) is 23.5 Å². The maximum Gasteiger partial charge on any atom is 0.141 e. The van der Waals surface area contributed by atoms with Gasteiger partial charge in [0.2, 0.25) is 0 Å². The number of para-hydroxylation sites is 1. The van der Waals surface area contributed by atoms with Gasteiger partial charge in [0.1, 0.15) is 5.82 Å². The topological polar surface area (TPSA) is 42.1 Å². The summed E-state index contributed by atoms with van der Waals surface area (Å²) >= 11 is 0. The van der Waals surface area contributed by atoms with Crippen LogP contribution in [0.25, 0.3) is 0 Å². The predicted octanol–water partition coefficient (Wildman–Crippen LogP) is 3.06. The standard InChI is InChI=1S/C16H20FN3/c1-12-5-3-4-6-16(12)20(2)10-9-14(18)15-8-7-13(17)11-19-15/h3-8,11,14H,9-10,18H2,1-2H3. The molecule has 0 saturated carbocycles. The first-order valence-electron chi connectivity index (χ1n) is 6.71. The van der Waals surface area contributed by atoms with Crippen molar-refractivity contribution >= 4 is 5.69 Å². The lowest BCUT2D eigenvalue weighted by Crippen LogP contribution is -2.24. The quantitative estimate of drug-likeness (QED) is 0.910. The maximum absolute atomic E-state index is 12.8. The molecular weight excluding hydrogens is 253 g/mol. The summed E-state index contributed by atoms with van der Waals surface area (Å²) < 4.78 is 12.8. The van der Waals surface area contributed by atoms with Crippen molar-refractivity contribution in [3.05, 3.63) is 59.7 Å². The van der Waals surface area contributed by atoms with Gasteiger partial charge in [-0.1, -0.05) is 18.2 Å². The summed E-state index contributed by atoms with van der Waals surface area (Å²) in [6.07, 6.45) is 1.98. The lowest BCUT2D eigenvalue weighted by molar-refractivity contribution is 0.600. The second-order valence-corrected chi connectivity index (χ2v) is 5.00. The molecule has 1 unspecified atom stereocenters. The third kappa shape index (κ3) is 3.54. The zero-order valence-corrected chi connectivity index (χ0v) is 11.9. The number of halogens is 1. The molecule has 0 saturated heterocycles. The minimum Gasteiger partial charge on any atom is -0.374 e. The fraction of sp³-hybridized carbons (Fsp3) is 0.312. The summed E-state index contributed by atoms with van der Waals surface area (Å²) in [6, 6.07) is 11.1. The van der Waals surface area contributed by atoms with Gasteiger partial charge in [0.25, 0.3) is 0 Å².